The van der Waals surface area contributed by atoms with Crippen LogP contribution < -0.4 is 5.32 Å². The average Bonchev–Trinajstić information content (AvgIpc) is 2.80. The Labute approximate surface area is 118 Å². The van der Waals surface area contributed by atoms with Gasteiger partial charge in [0.1, 0.15) is 5.69 Å². The minimum absolute atomic E-state index is 0.0654. The fourth-order valence-corrected chi connectivity index (χ4v) is 1.76. The van der Waals surface area contributed by atoms with Crippen LogP contribution in [0, 0.1) is 5.92 Å². The third-order valence-corrected chi connectivity index (χ3v) is 3.67. The van der Waals surface area contributed by atoms with Crippen LogP contribution >= 0.6 is 0 Å². The van der Waals surface area contributed by atoms with E-state index in [0.717, 1.165) is 5.39 Å². The Bertz CT molecular complexity index is 602. The van der Waals surface area contributed by atoms with E-state index in [-0.39, 0.29) is 24.8 Å². The van der Waals surface area contributed by atoms with Crippen LogP contribution in [0.5, 0.6) is 0 Å². The first-order valence-corrected chi connectivity index (χ1v) is 6.72. The van der Waals surface area contributed by atoms with Gasteiger partial charge in [0.05, 0.1) is 12.0 Å². The number of hydrogen-bond acceptors (Lipinski definition) is 4. The molecule has 0 saturated carbocycles. The Morgan fingerprint density at radius 2 is 2.15 bits per heavy atom. The van der Waals surface area contributed by atoms with Gasteiger partial charge in [-0.1, -0.05) is 31.1 Å². The molecule has 0 saturated heterocycles. The van der Waals surface area contributed by atoms with Gasteiger partial charge in [-0.15, -0.1) is 0 Å². The number of aromatic nitrogens is 1. The number of rotatable bonds is 5. The summed E-state index contributed by atoms with van der Waals surface area (Å²) < 4.78 is 5.15. The second-order valence-electron chi connectivity index (χ2n) is 5.59. The van der Waals surface area contributed by atoms with Crippen molar-refractivity contribution < 1.29 is 14.4 Å². The zero-order valence-electron chi connectivity index (χ0n) is 12.0. The summed E-state index contributed by atoms with van der Waals surface area (Å²) in [5.41, 5.74) is 0.369. The van der Waals surface area contributed by atoms with E-state index in [0.29, 0.717) is 11.3 Å². The summed E-state index contributed by atoms with van der Waals surface area (Å²) in [7, 11) is 0. The highest BCUT2D eigenvalue weighted by molar-refractivity contribution is 5.86. The number of nitrogens with one attached hydrogen (secondary N) is 1. The van der Waals surface area contributed by atoms with Gasteiger partial charge in [-0.3, -0.25) is 4.79 Å². The summed E-state index contributed by atoms with van der Waals surface area (Å²) >= 11 is 0. The standard InChI is InChI=1S/C15H20N2O3/c1-10(2)15(3,19)9-16-14(18)8-12-11-6-4-5-7-13(11)20-17-12/h4-7,10,19H,8-9H2,1-3H3,(H,16,18). The minimum Gasteiger partial charge on any atom is -0.388 e. The fraction of sp³-hybridized carbons (Fsp3) is 0.467. The van der Waals surface area contributed by atoms with Crippen LogP contribution in [0.2, 0.25) is 0 Å². The van der Waals surface area contributed by atoms with E-state index < -0.39 is 5.60 Å². The second-order valence-corrected chi connectivity index (χ2v) is 5.59. The van der Waals surface area contributed by atoms with Gasteiger partial charge < -0.3 is 14.9 Å². The van der Waals surface area contributed by atoms with Gasteiger partial charge in [-0.25, -0.2) is 0 Å². The van der Waals surface area contributed by atoms with Crippen molar-refractivity contribution in [3.05, 3.63) is 30.0 Å². The first-order valence-electron chi connectivity index (χ1n) is 6.72. The second kappa shape index (κ2) is 5.63. The molecule has 108 valence electrons. The van der Waals surface area contributed by atoms with E-state index in [4.69, 9.17) is 4.52 Å². The average molecular weight is 276 g/mol. The maximum Gasteiger partial charge on any atom is 0.226 e. The fourth-order valence-electron chi connectivity index (χ4n) is 1.76. The number of benzene rings is 1. The molecule has 0 aliphatic heterocycles. The van der Waals surface area contributed by atoms with Crippen LogP contribution in [-0.2, 0) is 11.2 Å². The van der Waals surface area contributed by atoms with E-state index in [2.05, 4.69) is 10.5 Å². The number of amides is 1. The molecule has 2 aromatic rings. The Hall–Kier alpha value is -1.88. The largest absolute Gasteiger partial charge is 0.388 e. The summed E-state index contributed by atoms with van der Waals surface area (Å²) in [6.07, 6.45) is 0.144. The number of aliphatic hydroxyl groups is 1. The van der Waals surface area contributed by atoms with Crippen LogP contribution in [-0.4, -0.2) is 28.3 Å². The van der Waals surface area contributed by atoms with Crippen molar-refractivity contribution >= 4 is 16.9 Å². The number of fused-ring (bicyclic) bond motifs is 1. The van der Waals surface area contributed by atoms with Crippen LogP contribution in [0.15, 0.2) is 28.8 Å². The van der Waals surface area contributed by atoms with Crippen molar-refractivity contribution in [1.29, 1.82) is 0 Å². The Morgan fingerprint density at radius 1 is 1.45 bits per heavy atom. The van der Waals surface area contributed by atoms with Crippen molar-refractivity contribution in [1.82, 2.24) is 10.5 Å². The van der Waals surface area contributed by atoms with Crippen LogP contribution in [0.1, 0.15) is 26.5 Å². The predicted octanol–water partition coefficient (Wildman–Crippen LogP) is 1.89. The van der Waals surface area contributed by atoms with Gasteiger partial charge in [0, 0.05) is 11.9 Å². The molecule has 1 heterocycles. The molecule has 1 aromatic heterocycles. The lowest BCUT2D eigenvalue weighted by Gasteiger charge is -2.27. The third kappa shape index (κ3) is 3.17. The molecule has 0 bridgehead atoms. The number of nitrogens with zero attached hydrogens (tertiary/aromatic N) is 1. The molecule has 5 heteroatoms. The van der Waals surface area contributed by atoms with E-state index >= 15 is 0 Å². The molecule has 0 radical (unpaired) electrons. The molecule has 2 N–H and O–H groups in total. The van der Waals surface area contributed by atoms with Crippen molar-refractivity contribution in [2.75, 3.05) is 6.54 Å². The van der Waals surface area contributed by atoms with Crippen LogP contribution in [0.3, 0.4) is 0 Å². The quantitative estimate of drug-likeness (QED) is 0.874. The molecule has 5 nitrogen and oxygen atoms in total. The molecule has 0 aliphatic rings. The van der Waals surface area contributed by atoms with E-state index in [1.807, 2.05) is 38.1 Å². The predicted molar refractivity (Wildman–Crippen MR) is 76.2 cm³/mol. The highest BCUT2D eigenvalue weighted by Gasteiger charge is 2.25. The summed E-state index contributed by atoms with van der Waals surface area (Å²) in [5, 5.41) is 17.6. The lowest BCUT2D eigenvalue weighted by Crippen LogP contribution is -2.44. The molecule has 0 aliphatic carbocycles. The number of hydrogen-bond donors (Lipinski definition) is 2. The zero-order chi connectivity index (χ0) is 14.8. The Balaban J connectivity index is 1.98. The molecular weight excluding hydrogens is 256 g/mol. The maximum atomic E-state index is 11.9. The van der Waals surface area contributed by atoms with Crippen LogP contribution in [0.4, 0.5) is 0 Å². The molecule has 2 rings (SSSR count). The minimum atomic E-state index is -0.915. The Morgan fingerprint density at radius 3 is 2.85 bits per heavy atom. The van der Waals surface area contributed by atoms with E-state index in [1.54, 1.807) is 6.92 Å². The molecule has 0 fully saturated rings. The molecular formula is C15H20N2O3. The number of para-hydroxylation sites is 1. The number of carbonyl (C=O) groups is 1. The van der Waals surface area contributed by atoms with E-state index in [1.165, 1.54) is 0 Å². The maximum absolute atomic E-state index is 11.9. The van der Waals surface area contributed by atoms with Gasteiger partial charge in [0.25, 0.3) is 0 Å². The monoisotopic (exact) mass is 276 g/mol. The third-order valence-electron chi connectivity index (χ3n) is 3.67. The first kappa shape index (κ1) is 14.5. The van der Waals surface area contributed by atoms with Crippen molar-refractivity contribution in [2.45, 2.75) is 32.8 Å². The molecule has 20 heavy (non-hydrogen) atoms. The van der Waals surface area contributed by atoms with Gasteiger partial charge in [0.2, 0.25) is 5.91 Å². The normalized spacial score (nSPS) is 14.4. The lowest BCUT2D eigenvalue weighted by atomic mass is 9.92. The van der Waals surface area contributed by atoms with Crippen molar-refractivity contribution in [2.24, 2.45) is 5.92 Å². The van der Waals surface area contributed by atoms with Gasteiger partial charge in [0.15, 0.2) is 5.58 Å². The summed E-state index contributed by atoms with van der Waals surface area (Å²) in [5.74, 6) is -0.111. The van der Waals surface area contributed by atoms with Gasteiger partial charge >= 0.3 is 0 Å². The van der Waals surface area contributed by atoms with E-state index in [9.17, 15) is 9.90 Å². The SMILES string of the molecule is CC(C)C(C)(O)CNC(=O)Cc1noc2ccccc12. The first-order chi connectivity index (χ1) is 9.40. The zero-order valence-corrected chi connectivity index (χ0v) is 12.0. The molecule has 1 unspecified atom stereocenters. The summed E-state index contributed by atoms with van der Waals surface area (Å²) in [6, 6.07) is 7.42. The Kier molecular flexibility index (Phi) is 4.09. The lowest BCUT2D eigenvalue weighted by molar-refractivity contribution is -0.122. The van der Waals surface area contributed by atoms with Gasteiger partial charge in [-0.05, 0) is 25.0 Å². The van der Waals surface area contributed by atoms with Crippen molar-refractivity contribution in [3.63, 3.8) is 0 Å². The highest BCUT2D eigenvalue weighted by Crippen LogP contribution is 2.18. The topological polar surface area (TPSA) is 75.4 Å². The molecule has 0 spiro atoms. The highest BCUT2D eigenvalue weighted by atomic mass is 16.5. The molecule has 1 aromatic carbocycles. The van der Waals surface area contributed by atoms with Crippen LogP contribution in [0.25, 0.3) is 11.0 Å². The molecule has 1 amide bonds. The smallest absolute Gasteiger partial charge is 0.226 e. The summed E-state index contributed by atoms with van der Waals surface area (Å²) in [4.78, 5) is 11.9. The van der Waals surface area contributed by atoms with Crippen molar-refractivity contribution in [3.8, 4) is 0 Å². The van der Waals surface area contributed by atoms with Gasteiger partial charge in [-0.2, -0.15) is 0 Å². The number of carbonyl (C=O) groups excluding carboxylic acids is 1. The summed E-state index contributed by atoms with van der Waals surface area (Å²) in [6.45, 7) is 5.76. The molecule has 1 atom stereocenters.